The van der Waals surface area contributed by atoms with Gasteiger partial charge in [-0.3, -0.25) is 4.79 Å². The van der Waals surface area contributed by atoms with Crippen LogP contribution in [0.5, 0.6) is 0 Å². The number of carbonyl (C=O) groups excluding carboxylic acids is 1. The van der Waals surface area contributed by atoms with Crippen molar-refractivity contribution in [2.45, 2.75) is 117 Å². The highest BCUT2D eigenvalue weighted by atomic mass is 16.1. The normalized spacial score (nSPS) is 40.0. The molecule has 1 saturated heterocycles. The van der Waals surface area contributed by atoms with Crippen molar-refractivity contribution in [1.29, 1.82) is 0 Å². The van der Waals surface area contributed by atoms with E-state index in [1.807, 2.05) is 0 Å². The Morgan fingerprint density at radius 2 is 1.79 bits per heavy atom. The number of fused-ring (bicyclic) bond motifs is 2. The number of Topliss-reactive ketones (excluding diaryl/α,β-unsaturated/α-hetero) is 1. The summed E-state index contributed by atoms with van der Waals surface area (Å²) in [7, 11) is 0. The van der Waals surface area contributed by atoms with E-state index in [1.165, 1.54) is 57.8 Å². The van der Waals surface area contributed by atoms with E-state index in [4.69, 9.17) is 0 Å². The van der Waals surface area contributed by atoms with E-state index < -0.39 is 0 Å². The van der Waals surface area contributed by atoms with Crippen LogP contribution >= 0.6 is 0 Å². The Kier molecular flexibility index (Phi) is 7.64. The van der Waals surface area contributed by atoms with Gasteiger partial charge in [-0.2, -0.15) is 0 Å². The zero-order valence-corrected chi connectivity index (χ0v) is 19.3. The SMILES string of the molecule is CCCCCCCCNC1C2CC(C)CC(C)C2[NH2+]C2CC(C)(C)CC(=O)C21. The number of nitrogens with one attached hydrogen (secondary N) is 1. The third-order valence-electron chi connectivity index (χ3n) is 8.10. The van der Waals surface area contributed by atoms with E-state index in [0.29, 0.717) is 29.8 Å². The van der Waals surface area contributed by atoms with Crippen LogP contribution in [-0.2, 0) is 4.79 Å². The fraction of sp³-hybridized carbons (Fsp3) is 0.960. The summed E-state index contributed by atoms with van der Waals surface area (Å²) in [4.78, 5) is 13.2. The molecule has 0 spiro atoms. The van der Waals surface area contributed by atoms with Gasteiger partial charge in [0, 0.05) is 30.7 Å². The van der Waals surface area contributed by atoms with E-state index >= 15 is 0 Å². The van der Waals surface area contributed by atoms with Crippen molar-refractivity contribution in [3.8, 4) is 0 Å². The number of nitrogens with two attached hydrogens (primary N) is 1. The van der Waals surface area contributed by atoms with Crippen LogP contribution < -0.4 is 10.6 Å². The van der Waals surface area contributed by atoms with Gasteiger partial charge in [-0.1, -0.05) is 66.7 Å². The number of hydrogen-bond donors (Lipinski definition) is 2. The zero-order chi connectivity index (χ0) is 20.3. The minimum Gasteiger partial charge on any atom is -0.340 e. The van der Waals surface area contributed by atoms with E-state index in [0.717, 1.165) is 24.8 Å². The summed E-state index contributed by atoms with van der Waals surface area (Å²) in [5.41, 5.74) is 0.177. The number of hydrogen-bond acceptors (Lipinski definition) is 2. The van der Waals surface area contributed by atoms with Gasteiger partial charge in [0.1, 0.15) is 5.78 Å². The summed E-state index contributed by atoms with van der Waals surface area (Å²) in [5.74, 6) is 3.03. The van der Waals surface area contributed by atoms with Gasteiger partial charge in [-0.25, -0.2) is 0 Å². The number of quaternary nitrogens is 1. The molecule has 0 amide bonds. The van der Waals surface area contributed by atoms with Gasteiger partial charge in [0.05, 0.1) is 18.0 Å². The molecule has 3 N–H and O–H groups in total. The Bertz CT molecular complexity index is 517. The van der Waals surface area contributed by atoms with Crippen LogP contribution in [0.25, 0.3) is 0 Å². The molecule has 7 atom stereocenters. The Hall–Kier alpha value is -0.410. The molecule has 0 aromatic rings. The van der Waals surface area contributed by atoms with Gasteiger partial charge >= 0.3 is 0 Å². The molecule has 3 nitrogen and oxygen atoms in total. The highest BCUT2D eigenvalue weighted by molar-refractivity contribution is 5.84. The first-order valence-electron chi connectivity index (χ1n) is 12.4. The molecule has 28 heavy (non-hydrogen) atoms. The van der Waals surface area contributed by atoms with Gasteiger partial charge < -0.3 is 10.6 Å². The van der Waals surface area contributed by atoms with Crippen LogP contribution in [-0.4, -0.2) is 30.5 Å². The quantitative estimate of drug-likeness (QED) is 0.606. The highest BCUT2D eigenvalue weighted by Crippen LogP contribution is 2.44. The average Bonchev–Trinajstić information content (AvgIpc) is 2.60. The predicted octanol–water partition coefficient (Wildman–Crippen LogP) is 4.31. The van der Waals surface area contributed by atoms with Crippen molar-refractivity contribution in [2.24, 2.45) is 29.1 Å². The van der Waals surface area contributed by atoms with Gasteiger partial charge in [-0.05, 0) is 37.1 Å². The Morgan fingerprint density at radius 3 is 2.54 bits per heavy atom. The van der Waals surface area contributed by atoms with Gasteiger partial charge in [-0.15, -0.1) is 0 Å². The maximum absolute atomic E-state index is 13.2. The topological polar surface area (TPSA) is 45.7 Å². The van der Waals surface area contributed by atoms with Gasteiger partial charge in [0.2, 0.25) is 0 Å². The second-order valence-corrected chi connectivity index (χ2v) is 11.4. The van der Waals surface area contributed by atoms with Crippen LogP contribution in [0, 0.1) is 29.1 Å². The third kappa shape index (κ3) is 5.19. The molecule has 2 saturated carbocycles. The summed E-state index contributed by atoms with van der Waals surface area (Å²) in [5, 5.41) is 6.63. The Balaban J connectivity index is 1.66. The molecule has 3 aliphatic rings. The predicted molar refractivity (Wildman–Crippen MR) is 117 cm³/mol. The molecule has 1 aliphatic heterocycles. The number of piperidine rings is 1. The Morgan fingerprint density at radius 1 is 1.07 bits per heavy atom. The molecule has 0 radical (unpaired) electrons. The molecule has 2 aliphatic carbocycles. The lowest BCUT2D eigenvalue weighted by atomic mass is 9.58. The molecular formula is C25H47N2O+. The average molecular weight is 392 g/mol. The molecule has 0 bridgehead atoms. The minimum absolute atomic E-state index is 0.177. The fourth-order valence-electron chi connectivity index (χ4n) is 6.97. The lowest BCUT2D eigenvalue weighted by Gasteiger charge is -2.53. The molecule has 0 aromatic carbocycles. The second-order valence-electron chi connectivity index (χ2n) is 11.4. The summed E-state index contributed by atoms with van der Waals surface area (Å²) in [6, 6.07) is 1.63. The molecule has 0 aromatic heterocycles. The zero-order valence-electron chi connectivity index (χ0n) is 19.3. The van der Waals surface area contributed by atoms with E-state index in [-0.39, 0.29) is 11.3 Å². The molecule has 3 fully saturated rings. The van der Waals surface area contributed by atoms with Crippen molar-refractivity contribution in [3.63, 3.8) is 0 Å². The summed E-state index contributed by atoms with van der Waals surface area (Å²) in [6.07, 6.45) is 12.7. The van der Waals surface area contributed by atoms with Crippen molar-refractivity contribution in [1.82, 2.24) is 5.32 Å². The standard InChI is InChI=1S/C25H46N2O/c1-6-7-8-9-10-11-12-26-24-19-14-17(2)13-18(3)23(19)27-20-15-25(4,5)16-21(28)22(20)24/h17-20,22-24,26-27H,6-16H2,1-5H3/p+1. The van der Waals surface area contributed by atoms with Crippen LogP contribution in [0.2, 0.25) is 0 Å². The van der Waals surface area contributed by atoms with Crippen LogP contribution in [0.4, 0.5) is 0 Å². The van der Waals surface area contributed by atoms with Crippen molar-refractivity contribution in [3.05, 3.63) is 0 Å². The highest BCUT2D eigenvalue weighted by Gasteiger charge is 2.56. The largest absolute Gasteiger partial charge is 0.340 e. The number of ketones is 1. The molecular weight excluding hydrogens is 344 g/mol. The summed E-state index contributed by atoms with van der Waals surface area (Å²) >= 11 is 0. The number of unbranched alkanes of at least 4 members (excludes halogenated alkanes) is 5. The minimum atomic E-state index is 0.177. The summed E-state index contributed by atoms with van der Waals surface area (Å²) < 4.78 is 0. The van der Waals surface area contributed by atoms with E-state index in [2.05, 4.69) is 45.3 Å². The first-order valence-corrected chi connectivity index (χ1v) is 12.4. The second kappa shape index (κ2) is 9.60. The molecule has 7 unspecified atom stereocenters. The van der Waals surface area contributed by atoms with Gasteiger partial charge in [0.25, 0.3) is 0 Å². The van der Waals surface area contributed by atoms with Crippen LogP contribution in [0.15, 0.2) is 0 Å². The lowest BCUT2D eigenvalue weighted by molar-refractivity contribution is -0.753. The van der Waals surface area contributed by atoms with Crippen molar-refractivity contribution < 1.29 is 10.1 Å². The first kappa shape index (κ1) is 22.3. The number of rotatable bonds is 8. The third-order valence-corrected chi connectivity index (χ3v) is 8.10. The monoisotopic (exact) mass is 391 g/mol. The smallest absolute Gasteiger partial charge is 0.144 e. The van der Waals surface area contributed by atoms with Crippen LogP contribution in [0.1, 0.15) is 98.8 Å². The van der Waals surface area contributed by atoms with E-state index in [9.17, 15) is 4.79 Å². The van der Waals surface area contributed by atoms with Crippen molar-refractivity contribution >= 4 is 5.78 Å². The summed E-state index contributed by atoms with van der Waals surface area (Å²) in [6.45, 7) is 12.9. The number of carbonyl (C=O) groups is 1. The molecule has 3 rings (SSSR count). The van der Waals surface area contributed by atoms with Crippen LogP contribution in [0.3, 0.4) is 0 Å². The maximum Gasteiger partial charge on any atom is 0.144 e. The fourth-order valence-corrected chi connectivity index (χ4v) is 6.97. The maximum atomic E-state index is 13.2. The Labute approximate surface area is 174 Å². The lowest BCUT2D eigenvalue weighted by Crippen LogP contribution is -3.04. The first-order chi connectivity index (χ1) is 13.3. The van der Waals surface area contributed by atoms with Gasteiger partial charge in [0.15, 0.2) is 0 Å². The molecule has 1 heterocycles. The molecule has 162 valence electrons. The van der Waals surface area contributed by atoms with Crippen molar-refractivity contribution in [2.75, 3.05) is 6.54 Å². The molecule has 3 heteroatoms. The van der Waals surface area contributed by atoms with E-state index in [1.54, 1.807) is 0 Å².